The molecule has 0 aromatic heterocycles. The normalized spacial score (nSPS) is 22.1. The molecule has 0 spiro atoms. The minimum atomic E-state index is 0.0346. The quantitative estimate of drug-likeness (QED) is 0.620. The lowest BCUT2D eigenvalue weighted by atomic mass is 9.91. The van der Waals surface area contributed by atoms with Gasteiger partial charge in [-0.3, -0.25) is 4.79 Å². The van der Waals surface area contributed by atoms with Crippen molar-refractivity contribution in [2.75, 3.05) is 0 Å². The maximum Gasteiger partial charge on any atom is 0.176 e. The molecule has 1 aliphatic carbocycles. The standard InChI is InChI=1S/C10H9BrO/c11-9-6-5-7-3-1-2-4-8(7)10(9)12/h1-4,9H,5-6H2/t9-/m0/s1. The van der Waals surface area contributed by atoms with Gasteiger partial charge < -0.3 is 0 Å². The van der Waals surface area contributed by atoms with Gasteiger partial charge in [-0.15, -0.1) is 0 Å². The van der Waals surface area contributed by atoms with E-state index in [0.717, 1.165) is 18.4 Å². The van der Waals surface area contributed by atoms with Gasteiger partial charge in [-0.1, -0.05) is 40.2 Å². The number of rotatable bonds is 0. The van der Waals surface area contributed by atoms with Crippen LogP contribution in [-0.4, -0.2) is 10.6 Å². The van der Waals surface area contributed by atoms with Gasteiger partial charge in [-0.25, -0.2) is 0 Å². The Morgan fingerprint density at radius 1 is 1.33 bits per heavy atom. The number of hydrogen-bond acceptors (Lipinski definition) is 1. The number of aryl methyl sites for hydroxylation is 1. The van der Waals surface area contributed by atoms with Crippen molar-refractivity contribution in [2.24, 2.45) is 0 Å². The molecule has 0 amide bonds. The van der Waals surface area contributed by atoms with Crippen LogP contribution in [0.25, 0.3) is 0 Å². The van der Waals surface area contributed by atoms with E-state index in [9.17, 15) is 4.79 Å². The highest BCUT2D eigenvalue weighted by Crippen LogP contribution is 2.25. The van der Waals surface area contributed by atoms with E-state index >= 15 is 0 Å². The van der Waals surface area contributed by atoms with E-state index in [-0.39, 0.29) is 10.6 Å². The van der Waals surface area contributed by atoms with Gasteiger partial charge >= 0.3 is 0 Å². The monoisotopic (exact) mass is 224 g/mol. The molecule has 2 rings (SSSR count). The molecule has 0 radical (unpaired) electrons. The van der Waals surface area contributed by atoms with Crippen LogP contribution in [-0.2, 0) is 6.42 Å². The Bertz CT molecular complexity index is 319. The minimum Gasteiger partial charge on any atom is -0.293 e. The Balaban J connectivity index is 2.49. The summed E-state index contributed by atoms with van der Waals surface area (Å²) in [5.74, 6) is 0.233. The van der Waals surface area contributed by atoms with Gasteiger partial charge in [-0.05, 0) is 18.4 Å². The summed E-state index contributed by atoms with van der Waals surface area (Å²) in [6.45, 7) is 0. The van der Waals surface area contributed by atoms with Gasteiger partial charge in [-0.2, -0.15) is 0 Å². The molecule has 1 aromatic rings. The maximum atomic E-state index is 11.6. The van der Waals surface area contributed by atoms with Crippen molar-refractivity contribution in [3.05, 3.63) is 35.4 Å². The highest BCUT2D eigenvalue weighted by Gasteiger charge is 2.23. The van der Waals surface area contributed by atoms with E-state index < -0.39 is 0 Å². The summed E-state index contributed by atoms with van der Waals surface area (Å²) in [6, 6.07) is 7.85. The zero-order valence-electron chi connectivity index (χ0n) is 6.59. The van der Waals surface area contributed by atoms with Crippen molar-refractivity contribution in [3.8, 4) is 0 Å². The van der Waals surface area contributed by atoms with Gasteiger partial charge in [0.25, 0.3) is 0 Å². The SMILES string of the molecule is O=C1c2ccccc2CC[C@@H]1Br. The second-order valence-corrected chi connectivity index (χ2v) is 4.13. The lowest BCUT2D eigenvalue weighted by Crippen LogP contribution is -2.21. The Morgan fingerprint density at radius 3 is 2.92 bits per heavy atom. The lowest BCUT2D eigenvalue weighted by molar-refractivity contribution is 0.0981. The summed E-state index contributed by atoms with van der Waals surface area (Å²) in [4.78, 5) is 11.6. The van der Waals surface area contributed by atoms with Crippen molar-refractivity contribution in [1.29, 1.82) is 0 Å². The molecule has 0 unspecified atom stereocenters. The summed E-state index contributed by atoms with van der Waals surface area (Å²) >= 11 is 3.37. The number of benzene rings is 1. The van der Waals surface area contributed by atoms with Gasteiger partial charge in [0.1, 0.15) is 0 Å². The molecule has 1 atom stereocenters. The molecule has 12 heavy (non-hydrogen) atoms. The number of carbonyl (C=O) groups is 1. The fraction of sp³-hybridized carbons (Fsp3) is 0.300. The first-order chi connectivity index (χ1) is 5.79. The number of Topliss-reactive ketones (excluding diaryl/α,β-unsaturated/α-hetero) is 1. The van der Waals surface area contributed by atoms with Gasteiger partial charge in [0.2, 0.25) is 0 Å². The highest BCUT2D eigenvalue weighted by molar-refractivity contribution is 9.10. The van der Waals surface area contributed by atoms with E-state index in [1.165, 1.54) is 5.56 Å². The van der Waals surface area contributed by atoms with Crippen LogP contribution in [0.1, 0.15) is 22.3 Å². The van der Waals surface area contributed by atoms with E-state index in [1.807, 2.05) is 24.3 Å². The smallest absolute Gasteiger partial charge is 0.176 e. The average Bonchev–Trinajstić information content (AvgIpc) is 2.12. The second-order valence-electron chi connectivity index (χ2n) is 3.03. The molecule has 0 heterocycles. The molecule has 1 nitrogen and oxygen atoms in total. The van der Waals surface area contributed by atoms with Crippen LogP contribution in [0.5, 0.6) is 0 Å². The molecule has 0 bridgehead atoms. The third-order valence-corrected chi connectivity index (χ3v) is 3.11. The maximum absolute atomic E-state index is 11.6. The molecular weight excluding hydrogens is 216 g/mol. The fourth-order valence-corrected chi connectivity index (χ4v) is 2.04. The second kappa shape index (κ2) is 3.02. The molecule has 2 heteroatoms. The number of hydrogen-bond donors (Lipinski definition) is 0. The summed E-state index contributed by atoms with van der Waals surface area (Å²) in [7, 11) is 0. The lowest BCUT2D eigenvalue weighted by Gasteiger charge is -2.18. The van der Waals surface area contributed by atoms with Crippen molar-refractivity contribution < 1.29 is 4.79 Å². The molecule has 62 valence electrons. The number of carbonyl (C=O) groups excluding carboxylic acids is 1. The van der Waals surface area contributed by atoms with Crippen LogP contribution in [0.15, 0.2) is 24.3 Å². The van der Waals surface area contributed by atoms with E-state index in [1.54, 1.807) is 0 Å². The molecule has 0 aliphatic heterocycles. The van der Waals surface area contributed by atoms with Crippen LogP contribution in [0.2, 0.25) is 0 Å². The fourth-order valence-electron chi connectivity index (χ4n) is 1.56. The number of ketones is 1. The zero-order valence-corrected chi connectivity index (χ0v) is 8.17. The zero-order chi connectivity index (χ0) is 8.55. The summed E-state index contributed by atoms with van der Waals surface area (Å²) in [6.07, 6.45) is 1.94. The third-order valence-electron chi connectivity index (χ3n) is 2.23. The molecule has 0 saturated heterocycles. The third kappa shape index (κ3) is 1.20. The minimum absolute atomic E-state index is 0.0346. The first-order valence-corrected chi connectivity index (χ1v) is 4.97. The van der Waals surface area contributed by atoms with Crippen LogP contribution >= 0.6 is 15.9 Å². The van der Waals surface area contributed by atoms with Crippen LogP contribution in [0.3, 0.4) is 0 Å². The predicted octanol–water partition coefficient (Wildman–Crippen LogP) is 2.58. The van der Waals surface area contributed by atoms with E-state index in [4.69, 9.17) is 0 Å². The Labute approximate surface area is 79.9 Å². The number of alkyl halides is 1. The van der Waals surface area contributed by atoms with E-state index in [2.05, 4.69) is 15.9 Å². The van der Waals surface area contributed by atoms with Crippen molar-refractivity contribution in [2.45, 2.75) is 17.7 Å². The largest absolute Gasteiger partial charge is 0.293 e. The molecule has 0 N–H and O–H groups in total. The predicted molar refractivity (Wildman–Crippen MR) is 51.8 cm³/mol. The molecule has 0 saturated carbocycles. The summed E-state index contributed by atoms with van der Waals surface area (Å²) in [5.41, 5.74) is 2.09. The molecule has 0 fully saturated rings. The van der Waals surface area contributed by atoms with E-state index in [0.29, 0.717) is 0 Å². The Kier molecular flexibility index (Phi) is 2.01. The molecular formula is C10H9BrO. The van der Waals surface area contributed by atoms with Crippen LogP contribution in [0, 0.1) is 0 Å². The van der Waals surface area contributed by atoms with Gasteiger partial charge in [0, 0.05) is 5.56 Å². The molecule has 1 aromatic carbocycles. The van der Waals surface area contributed by atoms with Crippen LogP contribution in [0.4, 0.5) is 0 Å². The molecule has 1 aliphatic rings. The average molecular weight is 225 g/mol. The van der Waals surface area contributed by atoms with Crippen LogP contribution < -0.4 is 0 Å². The Hall–Kier alpha value is -0.630. The van der Waals surface area contributed by atoms with Crippen molar-refractivity contribution in [1.82, 2.24) is 0 Å². The first-order valence-electron chi connectivity index (χ1n) is 4.05. The van der Waals surface area contributed by atoms with Crippen molar-refractivity contribution >= 4 is 21.7 Å². The van der Waals surface area contributed by atoms with Gasteiger partial charge in [0.05, 0.1) is 4.83 Å². The summed E-state index contributed by atoms with van der Waals surface area (Å²) < 4.78 is 0. The Morgan fingerprint density at radius 2 is 2.08 bits per heavy atom. The summed E-state index contributed by atoms with van der Waals surface area (Å²) in [5, 5.41) is 0. The number of fused-ring (bicyclic) bond motifs is 1. The highest BCUT2D eigenvalue weighted by atomic mass is 79.9. The van der Waals surface area contributed by atoms with Gasteiger partial charge in [0.15, 0.2) is 5.78 Å². The topological polar surface area (TPSA) is 17.1 Å². The van der Waals surface area contributed by atoms with Crippen molar-refractivity contribution in [3.63, 3.8) is 0 Å². The first kappa shape index (κ1) is 7.99. The number of halogens is 1.